The van der Waals surface area contributed by atoms with Crippen LogP contribution in [0, 0.1) is 0 Å². The second-order valence-electron chi connectivity index (χ2n) is 7.39. The van der Waals surface area contributed by atoms with E-state index in [9.17, 15) is 14.7 Å². The van der Waals surface area contributed by atoms with Crippen LogP contribution < -0.4 is 10.1 Å². The van der Waals surface area contributed by atoms with Gasteiger partial charge in [0.25, 0.3) is 0 Å². The Kier molecular flexibility index (Phi) is 11.6. The van der Waals surface area contributed by atoms with Crippen LogP contribution in [0.2, 0.25) is 0 Å². The SMILES string of the molecule is CC(C)(CCc1ccccc1)NCC(O)COc1ccccn1.O=C(O)/C=C\C(=O)O. The molecule has 0 saturated heterocycles. The van der Waals surface area contributed by atoms with Gasteiger partial charge < -0.3 is 25.4 Å². The number of β-amino-alcohol motifs (C(OH)–C–C–N with tert-alkyl or cyclic N) is 1. The van der Waals surface area contributed by atoms with Gasteiger partial charge in [-0.3, -0.25) is 0 Å². The summed E-state index contributed by atoms with van der Waals surface area (Å²) in [5.74, 6) is -1.98. The molecule has 1 unspecified atom stereocenters. The largest absolute Gasteiger partial charge is 0.478 e. The fourth-order valence-corrected chi connectivity index (χ4v) is 2.40. The summed E-state index contributed by atoms with van der Waals surface area (Å²) >= 11 is 0. The number of pyridine rings is 1. The van der Waals surface area contributed by atoms with Crippen LogP contribution in [-0.4, -0.2) is 57.0 Å². The molecular weight excluding hydrogens is 400 g/mol. The molecule has 0 aliphatic carbocycles. The number of benzene rings is 1. The Morgan fingerprint density at radius 1 is 1.06 bits per heavy atom. The summed E-state index contributed by atoms with van der Waals surface area (Å²) in [6, 6.07) is 15.9. The number of aliphatic hydroxyl groups excluding tert-OH is 1. The molecule has 168 valence electrons. The lowest BCUT2D eigenvalue weighted by Crippen LogP contribution is -2.45. The molecule has 0 aliphatic rings. The van der Waals surface area contributed by atoms with Gasteiger partial charge in [-0.2, -0.15) is 0 Å². The quantitative estimate of drug-likeness (QED) is 0.400. The van der Waals surface area contributed by atoms with Gasteiger partial charge in [-0.05, 0) is 38.3 Å². The number of aryl methyl sites for hydroxylation is 1. The Balaban J connectivity index is 0.000000512. The van der Waals surface area contributed by atoms with Crippen molar-refractivity contribution in [3.8, 4) is 5.88 Å². The molecule has 1 atom stereocenters. The molecule has 0 fully saturated rings. The molecule has 8 heteroatoms. The van der Waals surface area contributed by atoms with Crippen molar-refractivity contribution in [3.63, 3.8) is 0 Å². The number of nitrogens with zero attached hydrogens (tertiary/aromatic N) is 1. The summed E-state index contributed by atoms with van der Waals surface area (Å²) in [6.45, 7) is 5.04. The molecule has 1 heterocycles. The van der Waals surface area contributed by atoms with E-state index in [2.05, 4.69) is 48.4 Å². The summed E-state index contributed by atoms with van der Waals surface area (Å²) in [7, 11) is 0. The Bertz CT molecular complexity index is 793. The lowest BCUT2D eigenvalue weighted by molar-refractivity contribution is -0.134. The molecular formula is C23H30N2O6. The molecule has 2 aromatic rings. The topological polar surface area (TPSA) is 129 Å². The molecule has 0 bridgehead atoms. The third-order valence-electron chi connectivity index (χ3n) is 4.13. The van der Waals surface area contributed by atoms with Gasteiger partial charge in [-0.15, -0.1) is 0 Å². The minimum Gasteiger partial charge on any atom is -0.478 e. The van der Waals surface area contributed by atoms with E-state index in [1.807, 2.05) is 18.2 Å². The number of hydrogen-bond acceptors (Lipinski definition) is 6. The number of ether oxygens (including phenoxy) is 1. The van der Waals surface area contributed by atoms with Crippen LogP contribution in [0.15, 0.2) is 66.9 Å². The van der Waals surface area contributed by atoms with E-state index in [1.54, 1.807) is 12.3 Å². The Morgan fingerprint density at radius 2 is 1.68 bits per heavy atom. The molecule has 0 saturated carbocycles. The van der Waals surface area contributed by atoms with Gasteiger partial charge in [-0.25, -0.2) is 14.6 Å². The van der Waals surface area contributed by atoms with E-state index in [4.69, 9.17) is 14.9 Å². The van der Waals surface area contributed by atoms with E-state index in [0.717, 1.165) is 12.8 Å². The maximum Gasteiger partial charge on any atom is 0.328 e. The maximum absolute atomic E-state index is 10.0. The van der Waals surface area contributed by atoms with Crippen LogP contribution in [-0.2, 0) is 16.0 Å². The predicted octanol–water partition coefficient (Wildman–Crippen LogP) is 2.53. The van der Waals surface area contributed by atoms with E-state index in [1.165, 1.54) is 5.56 Å². The smallest absolute Gasteiger partial charge is 0.328 e. The van der Waals surface area contributed by atoms with Crippen LogP contribution >= 0.6 is 0 Å². The van der Waals surface area contributed by atoms with Gasteiger partial charge in [0.2, 0.25) is 5.88 Å². The molecule has 4 N–H and O–H groups in total. The first kappa shape index (κ1) is 25.8. The van der Waals surface area contributed by atoms with Crippen LogP contribution in [0.3, 0.4) is 0 Å². The average Bonchev–Trinajstić information content (AvgIpc) is 2.75. The number of aliphatic carboxylic acids is 2. The molecule has 0 aliphatic heterocycles. The number of aromatic nitrogens is 1. The third-order valence-corrected chi connectivity index (χ3v) is 4.13. The van der Waals surface area contributed by atoms with Crippen LogP contribution in [0.4, 0.5) is 0 Å². The summed E-state index contributed by atoms with van der Waals surface area (Å²) in [4.78, 5) is 23.2. The minimum absolute atomic E-state index is 0.0399. The summed E-state index contributed by atoms with van der Waals surface area (Å²) in [6.07, 6.45) is 4.25. The second-order valence-corrected chi connectivity index (χ2v) is 7.39. The maximum atomic E-state index is 10.0. The highest BCUT2D eigenvalue weighted by Gasteiger charge is 2.18. The first-order valence-corrected chi connectivity index (χ1v) is 9.83. The number of hydrogen-bond donors (Lipinski definition) is 4. The summed E-state index contributed by atoms with van der Waals surface area (Å²) in [5.41, 5.74) is 1.29. The first-order valence-electron chi connectivity index (χ1n) is 9.83. The van der Waals surface area contributed by atoms with E-state index in [0.29, 0.717) is 24.6 Å². The minimum atomic E-state index is -1.26. The number of carboxylic acids is 2. The van der Waals surface area contributed by atoms with E-state index >= 15 is 0 Å². The summed E-state index contributed by atoms with van der Waals surface area (Å²) < 4.78 is 5.46. The molecule has 0 spiro atoms. The number of carbonyl (C=O) groups is 2. The van der Waals surface area contributed by atoms with Crippen molar-refractivity contribution in [1.29, 1.82) is 0 Å². The van der Waals surface area contributed by atoms with Crippen molar-refractivity contribution < 1.29 is 29.6 Å². The molecule has 1 aromatic heterocycles. The van der Waals surface area contributed by atoms with Crippen molar-refractivity contribution in [1.82, 2.24) is 10.3 Å². The van der Waals surface area contributed by atoms with Gasteiger partial charge in [-0.1, -0.05) is 36.4 Å². The standard InChI is InChI=1S/C19H26N2O2.C4H4O4/c1-19(2,12-11-16-8-4-3-5-9-16)21-14-17(22)15-23-18-10-6-7-13-20-18;5-3(6)1-2-4(7)8/h3-10,13,17,21-22H,11-12,14-15H2,1-2H3;1-2H,(H,5,6)(H,7,8)/b;2-1-. The van der Waals surface area contributed by atoms with Crippen molar-refractivity contribution >= 4 is 11.9 Å². The number of carboxylic acid groups (broad SMARTS) is 2. The van der Waals surface area contributed by atoms with Crippen molar-refractivity contribution in [2.75, 3.05) is 13.2 Å². The second kappa shape index (κ2) is 13.9. The van der Waals surface area contributed by atoms with Crippen LogP contribution in [0.5, 0.6) is 5.88 Å². The molecule has 31 heavy (non-hydrogen) atoms. The zero-order valence-electron chi connectivity index (χ0n) is 17.8. The molecule has 8 nitrogen and oxygen atoms in total. The number of rotatable bonds is 11. The lowest BCUT2D eigenvalue weighted by Gasteiger charge is -2.28. The van der Waals surface area contributed by atoms with Crippen molar-refractivity contribution in [3.05, 3.63) is 72.4 Å². The lowest BCUT2D eigenvalue weighted by atomic mass is 9.95. The van der Waals surface area contributed by atoms with Gasteiger partial charge in [0.1, 0.15) is 12.7 Å². The van der Waals surface area contributed by atoms with Crippen molar-refractivity contribution in [2.45, 2.75) is 38.3 Å². The zero-order valence-corrected chi connectivity index (χ0v) is 17.8. The highest BCUT2D eigenvalue weighted by Crippen LogP contribution is 2.13. The monoisotopic (exact) mass is 430 g/mol. The van der Waals surface area contributed by atoms with Gasteiger partial charge in [0, 0.05) is 36.5 Å². The summed E-state index contributed by atoms with van der Waals surface area (Å²) in [5, 5.41) is 29.1. The fraction of sp³-hybridized carbons (Fsp3) is 0.348. The highest BCUT2D eigenvalue weighted by molar-refractivity contribution is 5.89. The van der Waals surface area contributed by atoms with Gasteiger partial charge in [0.05, 0.1) is 0 Å². The first-order chi connectivity index (χ1) is 14.7. The Morgan fingerprint density at radius 3 is 2.23 bits per heavy atom. The molecule has 2 rings (SSSR count). The fourth-order valence-electron chi connectivity index (χ4n) is 2.40. The van der Waals surface area contributed by atoms with E-state index < -0.39 is 18.0 Å². The van der Waals surface area contributed by atoms with Crippen LogP contribution in [0.1, 0.15) is 25.8 Å². The highest BCUT2D eigenvalue weighted by atomic mass is 16.5. The van der Waals surface area contributed by atoms with E-state index in [-0.39, 0.29) is 12.1 Å². The average molecular weight is 431 g/mol. The molecule has 0 amide bonds. The van der Waals surface area contributed by atoms with Gasteiger partial charge >= 0.3 is 11.9 Å². The van der Waals surface area contributed by atoms with Crippen molar-refractivity contribution in [2.24, 2.45) is 0 Å². The van der Waals surface area contributed by atoms with Gasteiger partial charge in [0.15, 0.2) is 0 Å². The molecule has 0 radical (unpaired) electrons. The van der Waals surface area contributed by atoms with Crippen LogP contribution in [0.25, 0.3) is 0 Å². The predicted molar refractivity (Wildman–Crippen MR) is 117 cm³/mol. The Labute approximate surface area is 182 Å². The third kappa shape index (κ3) is 13.6. The zero-order chi connectivity index (χ0) is 23.1. The normalized spacial score (nSPS) is 12.0. The Hall–Kier alpha value is -3.23. The molecule has 1 aromatic carbocycles. The number of nitrogens with one attached hydrogen (secondary N) is 1. The number of aliphatic hydroxyl groups is 1.